The van der Waals surface area contributed by atoms with Crippen molar-refractivity contribution in [2.75, 3.05) is 6.54 Å². The molecule has 1 aliphatic rings. The molecular weight excluding hydrogens is 256 g/mol. The van der Waals surface area contributed by atoms with Crippen LogP contribution in [0, 0.1) is 5.92 Å². The molecule has 0 aliphatic heterocycles. The number of thiophene rings is 1. The van der Waals surface area contributed by atoms with Gasteiger partial charge in [0.25, 0.3) is 0 Å². The lowest BCUT2D eigenvalue weighted by molar-refractivity contribution is 0.520. The first-order chi connectivity index (χ1) is 8.12. The number of hydrogen-bond donors (Lipinski definition) is 2. The molecule has 0 unspecified atom stereocenters. The van der Waals surface area contributed by atoms with E-state index in [1.54, 1.807) is 11.4 Å². The van der Waals surface area contributed by atoms with Gasteiger partial charge >= 0.3 is 0 Å². The van der Waals surface area contributed by atoms with E-state index in [2.05, 4.69) is 4.72 Å². The molecule has 6 heteroatoms. The lowest BCUT2D eigenvalue weighted by Gasteiger charge is -2.09. The first-order valence-corrected chi connectivity index (χ1v) is 8.25. The summed E-state index contributed by atoms with van der Waals surface area (Å²) in [5.41, 5.74) is 6.34. The summed E-state index contributed by atoms with van der Waals surface area (Å²) in [5.74, 6) is 0.513. The van der Waals surface area contributed by atoms with E-state index in [9.17, 15) is 8.42 Å². The fraction of sp³-hybridized carbons (Fsp3) is 0.636. The predicted molar refractivity (Wildman–Crippen MR) is 69.4 cm³/mol. The van der Waals surface area contributed by atoms with Crippen molar-refractivity contribution in [1.29, 1.82) is 0 Å². The Kier molecular flexibility index (Phi) is 4.19. The maximum atomic E-state index is 12.0. The van der Waals surface area contributed by atoms with E-state index >= 15 is 0 Å². The minimum atomic E-state index is -3.32. The fourth-order valence-corrected chi connectivity index (χ4v) is 4.50. The minimum absolute atomic E-state index is 0.371. The van der Waals surface area contributed by atoms with Gasteiger partial charge in [0.1, 0.15) is 4.21 Å². The quantitative estimate of drug-likeness (QED) is 0.858. The third-order valence-corrected chi connectivity index (χ3v) is 6.08. The minimum Gasteiger partial charge on any atom is -0.326 e. The molecule has 0 radical (unpaired) electrons. The monoisotopic (exact) mass is 274 g/mol. The first kappa shape index (κ1) is 13.0. The molecule has 1 fully saturated rings. The van der Waals surface area contributed by atoms with E-state index in [0.717, 1.165) is 18.4 Å². The van der Waals surface area contributed by atoms with Gasteiger partial charge in [-0.3, -0.25) is 0 Å². The lowest BCUT2D eigenvalue weighted by Crippen LogP contribution is -2.27. The average molecular weight is 274 g/mol. The van der Waals surface area contributed by atoms with Gasteiger partial charge in [0.05, 0.1) is 0 Å². The van der Waals surface area contributed by atoms with Crippen LogP contribution in [0.5, 0.6) is 0 Å². The van der Waals surface area contributed by atoms with Gasteiger partial charge in [-0.05, 0) is 35.8 Å². The predicted octanol–water partition coefficient (Wildman–Crippen LogP) is 1.68. The maximum absolute atomic E-state index is 12.0. The van der Waals surface area contributed by atoms with Crippen LogP contribution < -0.4 is 10.5 Å². The second-order valence-corrected chi connectivity index (χ2v) is 7.39. The van der Waals surface area contributed by atoms with Crippen LogP contribution >= 0.6 is 11.3 Å². The van der Waals surface area contributed by atoms with E-state index in [-0.39, 0.29) is 0 Å². The molecule has 0 amide bonds. The zero-order valence-corrected chi connectivity index (χ0v) is 11.3. The Labute approximate surface area is 106 Å². The number of sulfonamides is 1. The van der Waals surface area contributed by atoms with E-state index < -0.39 is 10.0 Å². The Bertz CT molecular complexity index is 462. The molecular formula is C11H18N2O2S2. The van der Waals surface area contributed by atoms with Crippen molar-refractivity contribution in [3.63, 3.8) is 0 Å². The smallest absolute Gasteiger partial charge is 0.250 e. The molecule has 96 valence electrons. The molecule has 4 nitrogen and oxygen atoms in total. The molecule has 1 saturated carbocycles. The molecule has 17 heavy (non-hydrogen) atoms. The Morgan fingerprint density at radius 1 is 1.41 bits per heavy atom. The molecule has 0 atom stereocenters. The Hall–Kier alpha value is -0.430. The molecule has 0 spiro atoms. The number of hydrogen-bond acceptors (Lipinski definition) is 4. The summed E-state index contributed by atoms with van der Waals surface area (Å²) < 4.78 is 27.0. The highest BCUT2D eigenvalue weighted by molar-refractivity contribution is 7.91. The molecule has 1 aliphatic carbocycles. The van der Waals surface area contributed by atoms with Crippen molar-refractivity contribution in [1.82, 2.24) is 4.72 Å². The van der Waals surface area contributed by atoms with Crippen molar-refractivity contribution in [2.45, 2.75) is 36.4 Å². The molecule has 0 saturated heterocycles. The lowest BCUT2D eigenvalue weighted by atomic mass is 10.1. The van der Waals surface area contributed by atoms with Crippen molar-refractivity contribution in [3.8, 4) is 0 Å². The van der Waals surface area contributed by atoms with Crippen LogP contribution in [0.4, 0.5) is 0 Å². The van der Waals surface area contributed by atoms with E-state index in [0.29, 0.717) is 23.2 Å². The Morgan fingerprint density at radius 3 is 2.71 bits per heavy atom. The average Bonchev–Trinajstić information content (AvgIpc) is 2.98. The van der Waals surface area contributed by atoms with Crippen LogP contribution in [-0.4, -0.2) is 15.0 Å². The second kappa shape index (κ2) is 5.48. The largest absolute Gasteiger partial charge is 0.326 e. The van der Waals surface area contributed by atoms with Gasteiger partial charge in [-0.1, -0.05) is 12.8 Å². The van der Waals surface area contributed by atoms with Crippen LogP contribution in [0.2, 0.25) is 0 Å². The zero-order chi connectivity index (χ0) is 12.3. The summed E-state index contributed by atoms with van der Waals surface area (Å²) in [5, 5.41) is 1.80. The normalized spacial score (nSPS) is 17.7. The third-order valence-electron chi connectivity index (χ3n) is 3.17. The summed E-state index contributed by atoms with van der Waals surface area (Å²) in [6, 6.07) is 1.65. The van der Waals surface area contributed by atoms with Gasteiger partial charge < -0.3 is 5.73 Å². The summed E-state index contributed by atoms with van der Waals surface area (Å²) >= 11 is 1.23. The van der Waals surface area contributed by atoms with Crippen LogP contribution in [0.1, 0.15) is 31.2 Å². The molecule has 1 aromatic rings. The summed E-state index contributed by atoms with van der Waals surface area (Å²) in [6.07, 6.45) is 4.73. The molecule has 1 aromatic heterocycles. The Balaban J connectivity index is 1.97. The topological polar surface area (TPSA) is 72.2 Å². The van der Waals surface area contributed by atoms with E-state index in [1.165, 1.54) is 24.2 Å². The van der Waals surface area contributed by atoms with E-state index in [1.807, 2.05) is 0 Å². The van der Waals surface area contributed by atoms with Gasteiger partial charge in [-0.25, -0.2) is 13.1 Å². The van der Waals surface area contributed by atoms with Crippen LogP contribution in [0.25, 0.3) is 0 Å². The highest BCUT2D eigenvalue weighted by Crippen LogP contribution is 2.25. The summed E-state index contributed by atoms with van der Waals surface area (Å²) in [4.78, 5) is 0. The highest BCUT2D eigenvalue weighted by Gasteiger charge is 2.20. The van der Waals surface area contributed by atoms with Gasteiger partial charge in [0.2, 0.25) is 10.0 Å². The molecule has 1 heterocycles. The highest BCUT2D eigenvalue weighted by atomic mass is 32.2. The molecule has 2 rings (SSSR count). The van der Waals surface area contributed by atoms with Gasteiger partial charge in [-0.2, -0.15) is 0 Å². The standard InChI is InChI=1S/C11H18N2O2S2/c12-6-10-5-11(16-8-10)17(14,15)13-7-9-3-1-2-4-9/h5,8-9,13H,1-4,6-7,12H2. The van der Waals surface area contributed by atoms with E-state index in [4.69, 9.17) is 5.73 Å². The molecule has 0 aromatic carbocycles. The third kappa shape index (κ3) is 3.28. The SMILES string of the molecule is NCc1csc(S(=O)(=O)NCC2CCCC2)c1. The number of rotatable bonds is 5. The van der Waals surface area contributed by atoms with Gasteiger partial charge in [-0.15, -0.1) is 11.3 Å². The zero-order valence-electron chi connectivity index (χ0n) is 9.69. The van der Waals surface area contributed by atoms with Gasteiger partial charge in [0.15, 0.2) is 0 Å². The fourth-order valence-electron chi connectivity index (χ4n) is 2.11. The van der Waals surface area contributed by atoms with Gasteiger partial charge in [0, 0.05) is 13.1 Å². The number of nitrogens with one attached hydrogen (secondary N) is 1. The number of nitrogens with two attached hydrogens (primary N) is 1. The van der Waals surface area contributed by atoms with Crippen LogP contribution in [-0.2, 0) is 16.6 Å². The summed E-state index contributed by atoms with van der Waals surface area (Å²) in [6.45, 7) is 0.951. The van der Waals surface area contributed by atoms with Crippen molar-refractivity contribution >= 4 is 21.4 Å². The first-order valence-electron chi connectivity index (χ1n) is 5.89. The van der Waals surface area contributed by atoms with Crippen molar-refractivity contribution < 1.29 is 8.42 Å². The van der Waals surface area contributed by atoms with Crippen molar-refractivity contribution in [2.24, 2.45) is 11.7 Å². The Morgan fingerprint density at radius 2 is 2.12 bits per heavy atom. The molecule has 0 bridgehead atoms. The summed E-state index contributed by atoms with van der Waals surface area (Å²) in [7, 11) is -3.32. The molecule has 3 N–H and O–H groups in total. The van der Waals surface area contributed by atoms with Crippen LogP contribution in [0.3, 0.4) is 0 Å². The second-order valence-electron chi connectivity index (χ2n) is 4.48. The maximum Gasteiger partial charge on any atom is 0.250 e. The van der Waals surface area contributed by atoms with Crippen molar-refractivity contribution in [3.05, 3.63) is 17.0 Å². The van der Waals surface area contributed by atoms with Crippen LogP contribution in [0.15, 0.2) is 15.7 Å².